The number of amides is 3. The lowest BCUT2D eigenvalue weighted by Crippen LogP contribution is -2.49. The Morgan fingerprint density at radius 3 is 2.20 bits per heavy atom. The summed E-state index contributed by atoms with van der Waals surface area (Å²) in [7, 11) is 0. The van der Waals surface area contributed by atoms with E-state index < -0.39 is 17.8 Å². The molecule has 1 aliphatic carbocycles. The number of likely N-dealkylation sites (tertiary alicyclic amines) is 3. The van der Waals surface area contributed by atoms with Crippen molar-refractivity contribution in [1.82, 2.24) is 24.5 Å². The number of carbonyl (C=O) groups is 2. The molecular weight excluding hydrogens is 535 g/mol. The number of benzene rings is 1. The van der Waals surface area contributed by atoms with Crippen LogP contribution in [-0.4, -0.2) is 80.9 Å². The molecule has 1 aromatic heterocycles. The fourth-order valence-corrected chi connectivity index (χ4v) is 6.93. The molecule has 8 nitrogen and oxygen atoms in total. The molecular formula is C30H38F3N5O3. The minimum atomic E-state index is -4.48. The summed E-state index contributed by atoms with van der Waals surface area (Å²) in [5.41, 5.74) is 0.889. The van der Waals surface area contributed by atoms with E-state index in [1.54, 1.807) is 17.2 Å². The van der Waals surface area contributed by atoms with E-state index >= 15 is 0 Å². The van der Waals surface area contributed by atoms with Crippen LogP contribution in [0, 0.1) is 5.92 Å². The SMILES string of the molecule is O=C(N1CCC(CO)CC1)N1CCC(n2ncc(C(=O)N3CCCC3c3ccccc3C(F)(F)F)c2C2CC2)CC1. The second-order valence-corrected chi connectivity index (χ2v) is 12.0. The maximum Gasteiger partial charge on any atom is 0.416 e. The summed E-state index contributed by atoms with van der Waals surface area (Å²) in [5.74, 6) is 0.265. The highest BCUT2D eigenvalue weighted by Crippen LogP contribution is 2.45. The monoisotopic (exact) mass is 573 g/mol. The van der Waals surface area contributed by atoms with Crippen LogP contribution in [0.2, 0.25) is 0 Å². The Morgan fingerprint density at radius 1 is 0.902 bits per heavy atom. The van der Waals surface area contributed by atoms with Crippen LogP contribution in [0.5, 0.6) is 0 Å². The van der Waals surface area contributed by atoms with Gasteiger partial charge < -0.3 is 19.8 Å². The van der Waals surface area contributed by atoms with Gasteiger partial charge in [-0.25, -0.2) is 4.79 Å². The van der Waals surface area contributed by atoms with Crippen LogP contribution in [0.25, 0.3) is 0 Å². The van der Waals surface area contributed by atoms with Crippen molar-refractivity contribution < 1.29 is 27.9 Å². The highest BCUT2D eigenvalue weighted by molar-refractivity contribution is 5.96. The molecule has 4 fully saturated rings. The number of urea groups is 1. The second-order valence-electron chi connectivity index (χ2n) is 12.0. The highest BCUT2D eigenvalue weighted by Gasteiger charge is 2.42. The van der Waals surface area contributed by atoms with Crippen molar-refractivity contribution >= 4 is 11.9 Å². The molecule has 0 spiro atoms. The van der Waals surface area contributed by atoms with E-state index in [9.17, 15) is 27.9 Å². The van der Waals surface area contributed by atoms with Crippen LogP contribution >= 0.6 is 0 Å². The quantitative estimate of drug-likeness (QED) is 0.532. The number of alkyl halides is 3. The lowest BCUT2D eigenvalue weighted by Gasteiger charge is -2.38. The Balaban J connectivity index is 1.17. The van der Waals surface area contributed by atoms with Gasteiger partial charge in [0.15, 0.2) is 0 Å². The lowest BCUT2D eigenvalue weighted by atomic mass is 9.97. The van der Waals surface area contributed by atoms with E-state index in [-0.39, 0.29) is 42.0 Å². The van der Waals surface area contributed by atoms with Crippen molar-refractivity contribution in [3.05, 3.63) is 52.8 Å². The zero-order chi connectivity index (χ0) is 28.7. The fraction of sp³-hybridized carbons (Fsp3) is 0.633. The first kappa shape index (κ1) is 28.1. The number of aromatic nitrogens is 2. The number of carbonyl (C=O) groups excluding carboxylic acids is 2. The number of halogens is 3. The molecule has 4 aliphatic rings. The van der Waals surface area contributed by atoms with Crippen LogP contribution in [0.15, 0.2) is 30.5 Å². The summed E-state index contributed by atoms with van der Waals surface area (Å²) in [4.78, 5) is 32.4. The van der Waals surface area contributed by atoms with Gasteiger partial charge in [-0.3, -0.25) is 9.48 Å². The van der Waals surface area contributed by atoms with Crippen LogP contribution in [-0.2, 0) is 6.18 Å². The molecule has 11 heteroatoms. The molecule has 6 rings (SSSR count). The Bertz CT molecular complexity index is 1260. The zero-order valence-electron chi connectivity index (χ0n) is 23.2. The molecule has 0 radical (unpaired) electrons. The first-order valence-corrected chi connectivity index (χ1v) is 15.0. The normalized spacial score (nSPS) is 22.9. The van der Waals surface area contributed by atoms with Crippen molar-refractivity contribution in [2.75, 3.05) is 39.3 Å². The van der Waals surface area contributed by atoms with E-state index in [0.717, 1.165) is 50.3 Å². The zero-order valence-corrected chi connectivity index (χ0v) is 23.2. The molecule has 2 aromatic rings. The van der Waals surface area contributed by atoms with Gasteiger partial charge in [-0.2, -0.15) is 18.3 Å². The molecule has 3 aliphatic heterocycles. The number of hydrogen-bond acceptors (Lipinski definition) is 4. The van der Waals surface area contributed by atoms with Gasteiger partial charge in [0, 0.05) is 45.2 Å². The van der Waals surface area contributed by atoms with Crippen molar-refractivity contribution in [2.45, 2.75) is 75.5 Å². The van der Waals surface area contributed by atoms with Gasteiger partial charge in [0.1, 0.15) is 0 Å². The topological polar surface area (TPSA) is 81.9 Å². The van der Waals surface area contributed by atoms with E-state index in [4.69, 9.17) is 0 Å². The van der Waals surface area contributed by atoms with Gasteiger partial charge in [0.05, 0.1) is 35.1 Å². The largest absolute Gasteiger partial charge is 0.416 e. The molecule has 1 unspecified atom stereocenters. The predicted octanol–water partition coefficient (Wildman–Crippen LogP) is 5.22. The Kier molecular flexibility index (Phi) is 7.74. The van der Waals surface area contributed by atoms with Crippen LogP contribution in [0.3, 0.4) is 0 Å². The molecule has 3 amide bonds. The van der Waals surface area contributed by atoms with Crippen molar-refractivity contribution in [2.24, 2.45) is 5.92 Å². The van der Waals surface area contributed by atoms with Crippen molar-refractivity contribution in [3.8, 4) is 0 Å². The third-order valence-electron chi connectivity index (χ3n) is 9.39. The van der Waals surface area contributed by atoms with Crippen molar-refractivity contribution in [3.63, 3.8) is 0 Å². The van der Waals surface area contributed by atoms with Gasteiger partial charge in [-0.15, -0.1) is 0 Å². The number of aliphatic hydroxyl groups excluding tert-OH is 1. The number of rotatable bonds is 5. The fourth-order valence-electron chi connectivity index (χ4n) is 6.93. The van der Waals surface area contributed by atoms with Gasteiger partial charge in [0.2, 0.25) is 0 Å². The standard InChI is InChI=1S/C30H38F3N5O3/c31-30(32,33)25-5-2-1-4-23(25)26-6-3-13-37(26)28(40)24-18-34-38(27(24)21-7-8-21)22-11-16-36(17-12-22)29(41)35-14-9-20(19-39)10-15-35/h1-2,4-5,18,20-22,26,39H,3,6-17,19H2. The molecule has 0 bridgehead atoms. The van der Waals surface area contributed by atoms with Gasteiger partial charge in [-0.1, -0.05) is 18.2 Å². The molecule has 3 saturated heterocycles. The van der Waals surface area contributed by atoms with Crippen LogP contribution in [0.1, 0.15) is 96.5 Å². The first-order chi connectivity index (χ1) is 19.8. The highest BCUT2D eigenvalue weighted by atomic mass is 19.4. The minimum Gasteiger partial charge on any atom is -0.396 e. The molecule has 1 saturated carbocycles. The molecule has 1 atom stereocenters. The third-order valence-corrected chi connectivity index (χ3v) is 9.39. The average Bonchev–Trinajstić information content (AvgIpc) is 3.53. The van der Waals surface area contributed by atoms with Crippen LogP contribution < -0.4 is 0 Å². The summed E-state index contributed by atoms with van der Waals surface area (Å²) in [5, 5.41) is 14.1. The Labute approximate surface area is 238 Å². The maximum absolute atomic E-state index is 13.9. The Morgan fingerprint density at radius 2 is 1.56 bits per heavy atom. The number of nitrogens with zero attached hydrogens (tertiary/aromatic N) is 5. The number of aliphatic hydroxyl groups is 1. The summed E-state index contributed by atoms with van der Waals surface area (Å²) in [6.07, 6.45) is 3.34. The predicted molar refractivity (Wildman–Crippen MR) is 145 cm³/mol. The number of hydrogen-bond donors (Lipinski definition) is 1. The van der Waals surface area contributed by atoms with Gasteiger partial charge >= 0.3 is 12.2 Å². The molecule has 1 aromatic carbocycles. The maximum atomic E-state index is 13.9. The number of piperidine rings is 2. The summed E-state index contributed by atoms with van der Waals surface area (Å²) in [6.45, 7) is 3.15. The molecule has 41 heavy (non-hydrogen) atoms. The van der Waals surface area contributed by atoms with E-state index in [0.29, 0.717) is 51.1 Å². The minimum absolute atomic E-state index is 0.0535. The third kappa shape index (κ3) is 5.57. The average molecular weight is 574 g/mol. The lowest BCUT2D eigenvalue weighted by molar-refractivity contribution is -0.138. The first-order valence-electron chi connectivity index (χ1n) is 15.0. The van der Waals surface area contributed by atoms with Crippen LogP contribution in [0.4, 0.5) is 18.0 Å². The Hall–Kier alpha value is -3.08. The summed E-state index contributed by atoms with van der Waals surface area (Å²) >= 11 is 0. The van der Waals surface area contributed by atoms with E-state index in [2.05, 4.69) is 5.10 Å². The summed E-state index contributed by atoms with van der Waals surface area (Å²) < 4.78 is 43.4. The van der Waals surface area contributed by atoms with Crippen molar-refractivity contribution in [1.29, 1.82) is 0 Å². The molecule has 4 heterocycles. The molecule has 222 valence electrons. The second kappa shape index (κ2) is 11.3. The van der Waals surface area contributed by atoms with Gasteiger partial charge in [0.25, 0.3) is 5.91 Å². The molecule has 1 N–H and O–H groups in total. The smallest absolute Gasteiger partial charge is 0.396 e. The van der Waals surface area contributed by atoms with Gasteiger partial charge in [-0.05, 0) is 68.9 Å². The summed E-state index contributed by atoms with van der Waals surface area (Å²) in [6, 6.07) is 5.09. The van der Waals surface area contributed by atoms with E-state index in [1.165, 1.54) is 12.1 Å². The van der Waals surface area contributed by atoms with E-state index in [1.807, 2.05) is 14.5 Å².